The van der Waals surface area contributed by atoms with Crippen LogP contribution >= 0.6 is 0 Å². The van der Waals surface area contributed by atoms with Crippen LogP contribution in [0.5, 0.6) is 0 Å². The normalized spacial score (nSPS) is 12.0. The summed E-state index contributed by atoms with van der Waals surface area (Å²) >= 11 is 0. The van der Waals surface area contributed by atoms with Crippen molar-refractivity contribution in [2.45, 2.75) is 13.0 Å². The van der Waals surface area contributed by atoms with Crippen molar-refractivity contribution in [3.05, 3.63) is 60.9 Å². The number of nitrogens with one attached hydrogen (secondary N) is 1. The molecule has 1 atom stereocenters. The molecule has 0 bridgehead atoms. The number of nitrogens with zero attached hydrogens (tertiary/aromatic N) is 5. The van der Waals surface area contributed by atoms with E-state index in [1.807, 2.05) is 37.3 Å². The molecule has 106 valence electrons. The molecule has 0 aliphatic carbocycles. The smallest absolute Gasteiger partial charge is 0.306 e. The summed E-state index contributed by atoms with van der Waals surface area (Å²) in [6.45, 7) is 1.94. The van der Waals surface area contributed by atoms with Crippen molar-refractivity contribution in [2.24, 2.45) is 0 Å². The van der Waals surface area contributed by atoms with E-state index in [0.717, 1.165) is 11.4 Å². The first-order chi connectivity index (χ1) is 10.2. The highest BCUT2D eigenvalue weighted by Crippen LogP contribution is 2.14. The summed E-state index contributed by atoms with van der Waals surface area (Å²) < 4.78 is 2.96. The first-order valence-electron chi connectivity index (χ1n) is 6.50. The van der Waals surface area contributed by atoms with Crippen LogP contribution in [0.25, 0.3) is 0 Å². The summed E-state index contributed by atoms with van der Waals surface area (Å²) in [4.78, 5) is 16.0. The molecular weight excluding hydrogens is 268 g/mol. The van der Waals surface area contributed by atoms with E-state index in [9.17, 15) is 4.79 Å². The summed E-state index contributed by atoms with van der Waals surface area (Å²) in [6, 6.07) is 10.6. The predicted molar refractivity (Wildman–Crippen MR) is 76.9 cm³/mol. The van der Waals surface area contributed by atoms with Gasteiger partial charge >= 0.3 is 6.03 Å². The van der Waals surface area contributed by atoms with Crippen LogP contribution in [0.2, 0.25) is 0 Å². The summed E-state index contributed by atoms with van der Waals surface area (Å²) in [5, 5.41) is 11.1. The molecule has 1 amide bonds. The standard InChI is InChI=1S/C14H14N6O/c1-11(20-10-15-9-16-20)13-7-8-19(18-13)14(21)17-12-5-3-2-4-6-12/h2-11H,1H3,(H,17,21)/t11-/m0/s1. The van der Waals surface area contributed by atoms with Gasteiger partial charge in [-0.05, 0) is 25.1 Å². The molecule has 0 aliphatic rings. The fraction of sp³-hybridized carbons (Fsp3) is 0.143. The van der Waals surface area contributed by atoms with E-state index < -0.39 is 0 Å². The van der Waals surface area contributed by atoms with E-state index in [4.69, 9.17) is 0 Å². The minimum Gasteiger partial charge on any atom is -0.306 e. The zero-order chi connectivity index (χ0) is 14.7. The Balaban J connectivity index is 1.74. The molecule has 2 aromatic heterocycles. The Hall–Kier alpha value is -2.96. The first-order valence-corrected chi connectivity index (χ1v) is 6.50. The topological polar surface area (TPSA) is 77.6 Å². The molecule has 0 spiro atoms. The van der Waals surface area contributed by atoms with Gasteiger partial charge in [0.15, 0.2) is 0 Å². The Kier molecular flexibility index (Phi) is 3.46. The molecule has 7 nitrogen and oxygen atoms in total. The maximum atomic E-state index is 12.1. The Morgan fingerprint density at radius 3 is 2.76 bits per heavy atom. The van der Waals surface area contributed by atoms with Crippen molar-refractivity contribution in [1.29, 1.82) is 0 Å². The SMILES string of the molecule is C[C@@H](c1ccn(C(=O)Nc2ccccc2)n1)n1cncn1. The highest BCUT2D eigenvalue weighted by molar-refractivity contribution is 5.90. The van der Waals surface area contributed by atoms with Gasteiger partial charge in [-0.15, -0.1) is 0 Å². The molecule has 3 rings (SSSR count). The van der Waals surface area contributed by atoms with Crippen LogP contribution in [-0.4, -0.2) is 30.6 Å². The molecule has 0 unspecified atom stereocenters. The molecule has 1 N–H and O–H groups in total. The highest BCUT2D eigenvalue weighted by atomic mass is 16.2. The van der Waals surface area contributed by atoms with Crippen LogP contribution < -0.4 is 5.32 Å². The van der Waals surface area contributed by atoms with E-state index in [2.05, 4.69) is 20.5 Å². The second-order valence-corrected chi connectivity index (χ2v) is 4.53. The number of carbonyl (C=O) groups excluding carboxylic acids is 1. The van der Waals surface area contributed by atoms with Crippen LogP contribution in [0, 0.1) is 0 Å². The lowest BCUT2D eigenvalue weighted by Crippen LogP contribution is -2.20. The average Bonchev–Trinajstić information content (AvgIpc) is 3.19. The van der Waals surface area contributed by atoms with Gasteiger partial charge in [-0.1, -0.05) is 18.2 Å². The largest absolute Gasteiger partial charge is 0.346 e. The molecule has 2 heterocycles. The van der Waals surface area contributed by atoms with E-state index >= 15 is 0 Å². The number of rotatable bonds is 3. The second-order valence-electron chi connectivity index (χ2n) is 4.53. The molecule has 1 aromatic carbocycles. The Bertz CT molecular complexity index is 719. The lowest BCUT2D eigenvalue weighted by molar-refractivity contribution is 0.250. The van der Waals surface area contributed by atoms with Crippen molar-refractivity contribution in [1.82, 2.24) is 24.5 Å². The average molecular weight is 282 g/mol. The van der Waals surface area contributed by atoms with Gasteiger partial charge in [-0.2, -0.15) is 14.9 Å². The van der Waals surface area contributed by atoms with Crippen LogP contribution in [0.15, 0.2) is 55.2 Å². The van der Waals surface area contributed by atoms with Gasteiger partial charge in [0, 0.05) is 11.9 Å². The molecular formula is C14H14N6O. The van der Waals surface area contributed by atoms with E-state index in [1.165, 1.54) is 11.0 Å². The summed E-state index contributed by atoms with van der Waals surface area (Å²) in [6.07, 6.45) is 4.71. The minimum absolute atomic E-state index is 0.0849. The number of hydrogen-bond acceptors (Lipinski definition) is 4. The lowest BCUT2D eigenvalue weighted by Gasteiger charge is -2.08. The van der Waals surface area contributed by atoms with Gasteiger partial charge in [0.05, 0.1) is 11.7 Å². The van der Waals surface area contributed by atoms with Gasteiger partial charge in [0.2, 0.25) is 0 Å². The molecule has 0 radical (unpaired) electrons. The zero-order valence-corrected chi connectivity index (χ0v) is 11.4. The molecule has 0 saturated heterocycles. The zero-order valence-electron chi connectivity index (χ0n) is 11.4. The third-order valence-electron chi connectivity index (χ3n) is 3.10. The van der Waals surface area contributed by atoms with Gasteiger partial charge in [-0.3, -0.25) is 0 Å². The lowest BCUT2D eigenvalue weighted by atomic mass is 10.2. The number of aromatic nitrogens is 5. The third kappa shape index (κ3) is 2.81. The highest BCUT2D eigenvalue weighted by Gasteiger charge is 2.14. The van der Waals surface area contributed by atoms with Gasteiger partial charge < -0.3 is 5.32 Å². The van der Waals surface area contributed by atoms with Crippen molar-refractivity contribution in [3.8, 4) is 0 Å². The van der Waals surface area contributed by atoms with Crippen molar-refractivity contribution < 1.29 is 4.79 Å². The number of hydrogen-bond donors (Lipinski definition) is 1. The van der Waals surface area contributed by atoms with Crippen LogP contribution in [0.3, 0.4) is 0 Å². The van der Waals surface area contributed by atoms with Crippen LogP contribution in [-0.2, 0) is 0 Å². The Labute approximate surface area is 121 Å². The number of carbonyl (C=O) groups is 1. The molecule has 0 fully saturated rings. The monoisotopic (exact) mass is 282 g/mol. The molecule has 3 aromatic rings. The number of benzene rings is 1. The van der Waals surface area contributed by atoms with E-state index in [0.29, 0.717) is 0 Å². The van der Waals surface area contributed by atoms with Crippen molar-refractivity contribution in [3.63, 3.8) is 0 Å². The summed E-state index contributed by atoms with van der Waals surface area (Å²) in [5.41, 5.74) is 1.47. The van der Waals surface area contributed by atoms with E-state index in [-0.39, 0.29) is 12.1 Å². The summed E-state index contributed by atoms with van der Waals surface area (Å²) in [5.74, 6) is 0. The van der Waals surface area contributed by atoms with Crippen LogP contribution in [0.4, 0.5) is 10.5 Å². The Morgan fingerprint density at radius 2 is 2.05 bits per heavy atom. The van der Waals surface area contributed by atoms with Gasteiger partial charge in [0.25, 0.3) is 0 Å². The molecule has 7 heteroatoms. The Morgan fingerprint density at radius 1 is 1.24 bits per heavy atom. The van der Waals surface area contributed by atoms with Crippen molar-refractivity contribution >= 4 is 11.7 Å². The maximum absolute atomic E-state index is 12.1. The number of amides is 1. The van der Waals surface area contributed by atoms with E-state index in [1.54, 1.807) is 23.3 Å². The quantitative estimate of drug-likeness (QED) is 0.798. The minimum atomic E-state index is -0.307. The van der Waals surface area contributed by atoms with Gasteiger partial charge in [0.1, 0.15) is 12.7 Å². The first kappa shape index (κ1) is 13.0. The van der Waals surface area contributed by atoms with Gasteiger partial charge in [-0.25, -0.2) is 14.5 Å². The second kappa shape index (κ2) is 5.58. The number of para-hydroxylation sites is 1. The fourth-order valence-corrected chi connectivity index (χ4v) is 1.93. The van der Waals surface area contributed by atoms with Crippen molar-refractivity contribution in [2.75, 3.05) is 5.32 Å². The molecule has 0 aliphatic heterocycles. The molecule has 0 saturated carbocycles. The third-order valence-corrected chi connectivity index (χ3v) is 3.10. The fourth-order valence-electron chi connectivity index (χ4n) is 1.93. The molecule has 21 heavy (non-hydrogen) atoms. The number of anilines is 1. The van der Waals surface area contributed by atoms with Crippen LogP contribution in [0.1, 0.15) is 18.7 Å². The maximum Gasteiger partial charge on any atom is 0.346 e. The summed E-state index contributed by atoms with van der Waals surface area (Å²) in [7, 11) is 0. The predicted octanol–water partition coefficient (Wildman–Crippen LogP) is 2.16.